The van der Waals surface area contributed by atoms with Crippen LogP contribution in [0.2, 0.25) is 0 Å². The fraction of sp³-hybridized carbons (Fsp3) is 0.407. The molecular formula is C27H34FN7O2. The summed E-state index contributed by atoms with van der Waals surface area (Å²) in [4.78, 5) is 37.4. The Morgan fingerprint density at radius 1 is 1.27 bits per heavy atom. The third-order valence-corrected chi connectivity index (χ3v) is 5.70. The van der Waals surface area contributed by atoms with Crippen LogP contribution < -0.4 is 16.0 Å². The lowest BCUT2D eigenvalue weighted by molar-refractivity contribution is -0.135. The molecule has 196 valence electrons. The number of likely N-dealkylation sites (tertiary alicyclic amines) is 1. The molecule has 0 spiro atoms. The Bertz CT molecular complexity index is 1160. The van der Waals surface area contributed by atoms with E-state index in [0.29, 0.717) is 61.9 Å². The molecule has 2 aromatic rings. The van der Waals surface area contributed by atoms with Gasteiger partial charge in [0, 0.05) is 44.9 Å². The molecule has 2 amide bonds. The van der Waals surface area contributed by atoms with Crippen molar-refractivity contribution in [2.24, 2.45) is 0 Å². The quantitative estimate of drug-likeness (QED) is 0.258. The minimum Gasteiger partial charge on any atom is -0.372 e. The van der Waals surface area contributed by atoms with Gasteiger partial charge in [-0.1, -0.05) is 17.9 Å². The van der Waals surface area contributed by atoms with Gasteiger partial charge in [-0.25, -0.2) is 9.37 Å². The summed E-state index contributed by atoms with van der Waals surface area (Å²) in [6.45, 7) is 1.76. The zero-order valence-corrected chi connectivity index (χ0v) is 21.6. The number of carbonyl (C=O) groups excluding carboxylic acids is 2. The van der Waals surface area contributed by atoms with E-state index in [1.807, 2.05) is 25.1 Å². The van der Waals surface area contributed by atoms with Crippen LogP contribution in [0.3, 0.4) is 0 Å². The fourth-order valence-electron chi connectivity index (χ4n) is 3.81. The average molecular weight is 508 g/mol. The zero-order chi connectivity index (χ0) is 26.6. The molecular weight excluding hydrogens is 473 g/mol. The second kappa shape index (κ2) is 13.9. The first-order chi connectivity index (χ1) is 17.9. The summed E-state index contributed by atoms with van der Waals surface area (Å²) in [6, 6.07) is 5.52. The highest BCUT2D eigenvalue weighted by molar-refractivity contribution is 5.93. The molecule has 1 atom stereocenters. The number of halogens is 1. The summed E-state index contributed by atoms with van der Waals surface area (Å²) in [5.74, 6) is 6.56. The van der Waals surface area contributed by atoms with Crippen LogP contribution in [0.15, 0.2) is 42.6 Å². The lowest BCUT2D eigenvalue weighted by Crippen LogP contribution is -2.45. The molecule has 1 aliphatic heterocycles. The van der Waals surface area contributed by atoms with Crippen LogP contribution in [0.1, 0.15) is 31.2 Å². The van der Waals surface area contributed by atoms with Crippen molar-refractivity contribution < 1.29 is 14.0 Å². The highest BCUT2D eigenvalue weighted by Gasteiger charge is 2.32. The van der Waals surface area contributed by atoms with E-state index in [-0.39, 0.29) is 17.6 Å². The molecule has 0 radical (unpaired) electrons. The molecule has 0 bridgehead atoms. The molecule has 0 saturated carbocycles. The normalized spacial score (nSPS) is 14.9. The molecule has 1 aliphatic rings. The van der Waals surface area contributed by atoms with Crippen molar-refractivity contribution in [1.82, 2.24) is 25.1 Å². The molecule has 3 rings (SSSR count). The Morgan fingerprint density at radius 3 is 2.78 bits per heavy atom. The predicted octanol–water partition coefficient (Wildman–Crippen LogP) is 2.76. The molecule has 2 heterocycles. The lowest BCUT2D eigenvalue weighted by atomic mass is 10.2. The molecule has 9 nitrogen and oxygen atoms in total. The van der Waals surface area contributed by atoms with Gasteiger partial charge in [-0.3, -0.25) is 9.59 Å². The average Bonchev–Trinajstić information content (AvgIpc) is 3.38. The maximum absolute atomic E-state index is 13.1. The Morgan fingerprint density at radius 2 is 2.05 bits per heavy atom. The van der Waals surface area contributed by atoms with Gasteiger partial charge in [-0.15, -0.1) is 0 Å². The van der Waals surface area contributed by atoms with Crippen molar-refractivity contribution in [3.63, 3.8) is 0 Å². The molecule has 0 aliphatic carbocycles. The maximum Gasteiger partial charge on any atom is 0.246 e. The van der Waals surface area contributed by atoms with Crippen LogP contribution in [0, 0.1) is 17.7 Å². The number of anilines is 3. The van der Waals surface area contributed by atoms with Gasteiger partial charge >= 0.3 is 0 Å². The van der Waals surface area contributed by atoms with Crippen molar-refractivity contribution in [3.05, 3.63) is 54.0 Å². The number of nitrogens with one attached hydrogen (secondary N) is 3. The van der Waals surface area contributed by atoms with Crippen LogP contribution in [0.5, 0.6) is 0 Å². The van der Waals surface area contributed by atoms with Crippen LogP contribution in [-0.2, 0) is 9.59 Å². The van der Waals surface area contributed by atoms with Gasteiger partial charge in [0.25, 0.3) is 0 Å². The van der Waals surface area contributed by atoms with E-state index < -0.39 is 6.04 Å². The smallest absolute Gasteiger partial charge is 0.246 e. The highest BCUT2D eigenvalue weighted by Crippen LogP contribution is 2.19. The summed E-state index contributed by atoms with van der Waals surface area (Å²) in [6.07, 6.45) is 7.76. The molecule has 10 heteroatoms. The number of rotatable bonds is 10. The minimum atomic E-state index is -0.417. The van der Waals surface area contributed by atoms with E-state index in [9.17, 15) is 14.0 Å². The Hall–Kier alpha value is -3.97. The molecule has 1 aromatic heterocycles. The first-order valence-electron chi connectivity index (χ1n) is 12.3. The van der Waals surface area contributed by atoms with Crippen LogP contribution in [-0.4, -0.2) is 78.4 Å². The summed E-state index contributed by atoms with van der Waals surface area (Å²) in [5, 5.41) is 8.98. The number of nitrogens with zero attached hydrogens (tertiary/aromatic N) is 4. The number of benzene rings is 1. The number of unbranched alkanes of at least 4 members (excludes halogenated alkanes) is 1. The van der Waals surface area contributed by atoms with E-state index in [1.165, 1.54) is 12.1 Å². The molecule has 3 N–H and O–H groups in total. The van der Waals surface area contributed by atoms with Gasteiger partial charge in [0.2, 0.25) is 17.8 Å². The standard InChI is InChI=1S/C27H34FN7O2/c1-29-25-20(19-31-27(33-25)32-22-14-12-21(28)13-15-22)9-5-4-6-16-30-26(37)23-10-7-18-35(23)24(36)11-8-17-34(2)3/h8,11-15,19,23H,4,6-7,10,16-18H2,1-3H3,(H,30,37)(H2,29,31,32,33)/b11-8+. The van der Waals surface area contributed by atoms with Gasteiger partial charge < -0.3 is 25.8 Å². The van der Waals surface area contributed by atoms with Gasteiger partial charge in [0.15, 0.2) is 0 Å². The van der Waals surface area contributed by atoms with E-state index in [4.69, 9.17) is 0 Å². The molecule has 1 fully saturated rings. The predicted molar refractivity (Wildman–Crippen MR) is 143 cm³/mol. The van der Waals surface area contributed by atoms with Gasteiger partial charge in [-0.05, 0) is 57.6 Å². The van der Waals surface area contributed by atoms with Gasteiger partial charge in [0.1, 0.15) is 17.7 Å². The number of amides is 2. The summed E-state index contributed by atoms with van der Waals surface area (Å²) >= 11 is 0. The van der Waals surface area contributed by atoms with E-state index in [0.717, 1.165) is 6.42 Å². The fourth-order valence-corrected chi connectivity index (χ4v) is 3.81. The number of hydrogen-bond donors (Lipinski definition) is 3. The minimum absolute atomic E-state index is 0.116. The number of carbonyl (C=O) groups is 2. The summed E-state index contributed by atoms with van der Waals surface area (Å²) in [7, 11) is 5.62. The molecule has 37 heavy (non-hydrogen) atoms. The van der Waals surface area contributed by atoms with E-state index in [2.05, 4.69) is 37.8 Å². The Labute approximate surface area is 217 Å². The van der Waals surface area contributed by atoms with Crippen molar-refractivity contribution in [3.8, 4) is 11.8 Å². The monoisotopic (exact) mass is 507 g/mol. The third kappa shape index (κ3) is 8.58. The Kier molecular flexibility index (Phi) is 10.4. The van der Waals surface area contributed by atoms with Crippen molar-refractivity contribution >= 4 is 29.3 Å². The van der Waals surface area contributed by atoms with E-state index in [1.54, 1.807) is 36.4 Å². The van der Waals surface area contributed by atoms with Crippen LogP contribution >= 0.6 is 0 Å². The molecule has 1 saturated heterocycles. The first kappa shape index (κ1) is 27.6. The van der Waals surface area contributed by atoms with Gasteiger partial charge in [0.05, 0.1) is 11.8 Å². The Balaban J connectivity index is 1.45. The van der Waals surface area contributed by atoms with Crippen molar-refractivity contribution in [2.45, 2.75) is 31.7 Å². The maximum atomic E-state index is 13.1. The van der Waals surface area contributed by atoms with Crippen LogP contribution in [0.4, 0.5) is 21.8 Å². The topological polar surface area (TPSA) is 102 Å². The molecule has 1 aromatic carbocycles. The largest absolute Gasteiger partial charge is 0.372 e. The third-order valence-electron chi connectivity index (χ3n) is 5.70. The first-order valence-corrected chi connectivity index (χ1v) is 12.3. The SMILES string of the molecule is CNc1nc(Nc2ccc(F)cc2)ncc1C#CCCCNC(=O)C1CCCN1C(=O)/C=C/CN(C)C. The van der Waals surface area contributed by atoms with Gasteiger partial charge in [-0.2, -0.15) is 4.98 Å². The summed E-state index contributed by atoms with van der Waals surface area (Å²) in [5.41, 5.74) is 1.33. The lowest BCUT2D eigenvalue weighted by Gasteiger charge is -2.22. The van der Waals surface area contributed by atoms with E-state index >= 15 is 0 Å². The second-order valence-electron chi connectivity index (χ2n) is 8.89. The number of likely N-dealkylation sites (N-methyl/N-ethyl adjacent to an activating group) is 1. The van der Waals surface area contributed by atoms with Crippen molar-refractivity contribution in [2.75, 3.05) is 51.4 Å². The van der Waals surface area contributed by atoms with Crippen molar-refractivity contribution in [1.29, 1.82) is 0 Å². The number of aromatic nitrogens is 2. The second-order valence-corrected chi connectivity index (χ2v) is 8.89. The number of hydrogen-bond acceptors (Lipinski definition) is 7. The summed E-state index contributed by atoms with van der Waals surface area (Å²) < 4.78 is 13.1. The zero-order valence-electron chi connectivity index (χ0n) is 21.6. The molecule has 1 unspecified atom stereocenters. The van der Waals surface area contributed by atoms with Crippen LogP contribution in [0.25, 0.3) is 0 Å². The highest BCUT2D eigenvalue weighted by atomic mass is 19.1.